The van der Waals surface area contributed by atoms with Gasteiger partial charge in [0.25, 0.3) is 0 Å². The molecular formula is C15H21BrFNO2S. The second kappa shape index (κ2) is 6.75. The standard InChI is InChI=1S/C15H21BrFNO2S/c1-11(2)10-18(13-5-3-4-6-13)21(19,20)15-8-7-12(17)9-14(15)16/h7-9,11,13H,3-6,10H2,1-2H3. The van der Waals surface area contributed by atoms with E-state index in [0.717, 1.165) is 25.7 Å². The zero-order valence-electron chi connectivity index (χ0n) is 12.4. The van der Waals surface area contributed by atoms with Gasteiger partial charge in [-0.1, -0.05) is 26.7 Å². The van der Waals surface area contributed by atoms with Crippen molar-refractivity contribution in [1.29, 1.82) is 0 Å². The number of hydrogen-bond donors (Lipinski definition) is 0. The summed E-state index contributed by atoms with van der Waals surface area (Å²) in [5.74, 6) is -0.198. The number of rotatable bonds is 5. The van der Waals surface area contributed by atoms with E-state index in [1.165, 1.54) is 18.2 Å². The number of benzene rings is 1. The second-order valence-corrected chi connectivity index (χ2v) is 8.69. The van der Waals surface area contributed by atoms with E-state index in [1.54, 1.807) is 4.31 Å². The Bertz CT molecular complexity index is 598. The highest BCUT2D eigenvalue weighted by atomic mass is 79.9. The van der Waals surface area contributed by atoms with Gasteiger partial charge in [-0.05, 0) is 52.9 Å². The van der Waals surface area contributed by atoms with Gasteiger partial charge in [-0.25, -0.2) is 12.8 Å². The van der Waals surface area contributed by atoms with Gasteiger partial charge in [-0.15, -0.1) is 0 Å². The van der Waals surface area contributed by atoms with Gasteiger partial charge in [0.1, 0.15) is 5.82 Å². The van der Waals surface area contributed by atoms with Crippen molar-refractivity contribution in [3.8, 4) is 0 Å². The third kappa shape index (κ3) is 3.85. The minimum Gasteiger partial charge on any atom is -0.207 e. The predicted molar refractivity (Wildman–Crippen MR) is 85.1 cm³/mol. The lowest BCUT2D eigenvalue weighted by atomic mass is 10.2. The summed E-state index contributed by atoms with van der Waals surface area (Å²) >= 11 is 3.18. The molecule has 0 bridgehead atoms. The normalized spacial score (nSPS) is 17.0. The second-order valence-electron chi connectivity index (χ2n) is 5.98. The first-order valence-electron chi connectivity index (χ1n) is 7.29. The third-order valence-corrected chi connectivity index (χ3v) is 6.65. The Morgan fingerprint density at radius 1 is 1.33 bits per heavy atom. The molecule has 2 rings (SSSR count). The van der Waals surface area contributed by atoms with Gasteiger partial charge < -0.3 is 0 Å². The summed E-state index contributed by atoms with van der Waals surface area (Å²) in [7, 11) is -3.61. The fourth-order valence-corrected chi connectivity index (χ4v) is 5.67. The van der Waals surface area contributed by atoms with E-state index in [1.807, 2.05) is 13.8 Å². The molecule has 0 aromatic heterocycles. The Labute approximate surface area is 134 Å². The van der Waals surface area contributed by atoms with Crippen molar-refractivity contribution in [1.82, 2.24) is 4.31 Å². The summed E-state index contributed by atoms with van der Waals surface area (Å²) in [5.41, 5.74) is 0. The first-order chi connectivity index (χ1) is 9.82. The van der Waals surface area contributed by atoms with E-state index in [-0.39, 0.29) is 21.3 Å². The molecule has 1 saturated carbocycles. The maximum Gasteiger partial charge on any atom is 0.244 e. The molecule has 3 nitrogen and oxygen atoms in total. The molecule has 1 aliphatic rings. The van der Waals surface area contributed by atoms with Crippen molar-refractivity contribution in [3.05, 3.63) is 28.5 Å². The number of sulfonamides is 1. The van der Waals surface area contributed by atoms with E-state index < -0.39 is 15.8 Å². The monoisotopic (exact) mass is 377 g/mol. The van der Waals surface area contributed by atoms with E-state index in [0.29, 0.717) is 6.54 Å². The molecule has 6 heteroatoms. The SMILES string of the molecule is CC(C)CN(C1CCCC1)S(=O)(=O)c1ccc(F)cc1Br. The Kier molecular flexibility index (Phi) is 5.43. The zero-order valence-corrected chi connectivity index (χ0v) is 14.8. The summed E-state index contributed by atoms with van der Waals surface area (Å²) < 4.78 is 41.0. The highest BCUT2D eigenvalue weighted by Crippen LogP contribution is 2.32. The van der Waals surface area contributed by atoms with Gasteiger partial charge >= 0.3 is 0 Å². The molecule has 0 amide bonds. The molecule has 0 spiro atoms. The predicted octanol–water partition coefficient (Wildman–Crippen LogP) is 4.18. The Morgan fingerprint density at radius 2 is 1.95 bits per heavy atom. The summed E-state index contributed by atoms with van der Waals surface area (Å²) in [6.45, 7) is 4.52. The molecule has 0 radical (unpaired) electrons. The topological polar surface area (TPSA) is 37.4 Å². The molecule has 0 saturated heterocycles. The van der Waals surface area contributed by atoms with Gasteiger partial charge in [0, 0.05) is 17.1 Å². The Hall–Kier alpha value is -0.460. The maximum absolute atomic E-state index is 13.2. The van der Waals surface area contributed by atoms with Gasteiger partial charge in [-0.2, -0.15) is 4.31 Å². The summed E-state index contributed by atoms with van der Waals surface area (Å²) in [5, 5.41) is 0. The average molecular weight is 378 g/mol. The van der Waals surface area contributed by atoms with Crippen molar-refractivity contribution in [2.24, 2.45) is 5.92 Å². The summed E-state index contributed by atoms with van der Waals surface area (Å²) in [6.07, 6.45) is 3.95. The number of nitrogens with zero attached hydrogens (tertiary/aromatic N) is 1. The van der Waals surface area contributed by atoms with Crippen molar-refractivity contribution < 1.29 is 12.8 Å². The molecule has 1 fully saturated rings. The smallest absolute Gasteiger partial charge is 0.207 e. The molecule has 0 atom stereocenters. The van der Waals surface area contributed by atoms with Crippen molar-refractivity contribution in [2.75, 3.05) is 6.54 Å². The Balaban J connectivity index is 2.40. The van der Waals surface area contributed by atoms with Crippen molar-refractivity contribution >= 4 is 26.0 Å². The zero-order chi connectivity index (χ0) is 15.6. The van der Waals surface area contributed by atoms with Gasteiger partial charge in [0.2, 0.25) is 10.0 Å². The molecule has 21 heavy (non-hydrogen) atoms. The van der Waals surface area contributed by atoms with Gasteiger partial charge in [-0.3, -0.25) is 0 Å². The van der Waals surface area contributed by atoms with Gasteiger partial charge in [0.05, 0.1) is 4.90 Å². The van der Waals surface area contributed by atoms with Crippen LogP contribution in [0.5, 0.6) is 0 Å². The molecule has 1 aliphatic carbocycles. The van der Waals surface area contributed by atoms with E-state index in [9.17, 15) is 12.8 Å². The molecule has 0 unspecified atom stereocenters. The number of halogens is 2. The van der Waals surface area contributed by atoms with Crippen LogP contribution in [0.1, 0.15) is 39.5 Å². The van der Waals surface area contributed by atoms with Crippen LogP contribution < -0.4 is 0 Å². The molecule has 1 aromatic carbocycles. The molecule has 0 heterocycles. The van der Waals surface area contributed by atoms with Crippen LogP contribution in [0.25, 0.3) is 0 Å². The first-order valence-corrected chi connectivity index (χ1v) is 9.52. The van der Waals surface area contributed by atoms with Crippen LogP contribution in [-0.4, -0.2) is 25.3 Å². The molecule has 0 N–H and O–H groups in total. The summed E-state index contributed by atoms with van der Waals surface area (Å²) in [6, 6.07) is 3.81. The van der Waals surface area contributed by atoms with Crippen LogP contribution in [0.15, 0.2) is 27.6 Å². The molecular weight excluding hydrogens is 357 g/mol. The van der Waals surface area contributed by atoms with Gasteiger partial charge in [0.15, 0.2) is 0 Å². The fraction of sp³-hybridized carbons (Fsp3) is 0.600. The van der Waals surface area contributed by atoms with Crippen LogP contribution >= 0.6 is 15.9 Å². The summed E-state index contributed by atoms with van der Waals surface area (Å²) in [4.78, 5) is 0.149. The first kappa shape index (κ1) is 16.9. The van der Waals surface area contributed by atoms with E-state index in [4.69, 9.17) is 0 Å². The largest absolute Gasteiger partial charge is 0.244 e. The minimum atomic E-state index is -3.61. The third-order valence-electron chi connectivity index (χ3n) is 3.76. The number of hydrogen-bond acceptors (Lipinski definition) is 2. The minimum absolute atomic E-state index is 0.0642. The van der Waals surface area contributed by atoms with Crippen LogP contribution in [-0.2, 0) is 10.0 Å². The maximum atomic E-state index is 13.2. The van der Waals surface area contributed by atoms with Crippen LogP contribution in [0.3, 0.4) is 0 Å². The highest BCUT2D eigenvalue weighted by molar-refractivity contribution is 9.10. The quantitative estimate of drug-likeness (QED) is 0.771. The lowest BCUT2D eigenvalue weighted by Gasteiger charge is -2.30. The van der Waals surface area contributed by atoms with Crippen LogP contribution in [0.2, 0.25) is 0 Å². The van der Waals surface area contributed by atoms with Crippen molar-refractivity contribution in [2.45, 2.75) is 50.5 Å². The molecule has 1 aromatic rings. The highest BCUT2D eigenvalue weighted by Gasteiger charge is 2.34. The molecule has 118 valence electrons. The molecule has 0 aliphatic heterocycles. The Morgan fingerprint density at radius 3 is 2.48 bits per heavy atom. The average Bonchev–Trinajstić information content (AvgIpc) is 2.88. The van der Waals surface area contributed by atoms with Crippen LogP contribution in [0, 0.1) is 11.7 Å². The van der Waals surface area contributed by atoms with Crippen molar-refractivity contribution in [3.63, 3.8) is 0 Å². The van der Waals surface area contributed by atoms with Crippen LogP contribution in [0.4, 0.5) is 4.39 Å². The lowest BCUT2D eigenvalue weighted by Crippen LogP contribution is -2.41. The van der Waals surface area contributed by atoms with E-state index in [2.05, 4.69) is 15.9 Å². The lowest BCUT2D eigenvalue weighted by molar-refractivity contribution is 0.292. The van der Waals surface area contributed by atoms with E-state index >= 15 is 0 Å². The fourth-order valence-electron chi connectivity index (χ4n) is 2.81.